The number of ether oxygens (including phenoxy) is 1. The summed E-state index contributed by atoms with van der Waals surface area (Å²) in [5, 5.41) is 4.77. The van der Waals surface area contributed by atoms with Gasteiger partial charge in [0, 0.05) is 12.7 Å². The van der Waals surface area contributed by atoms with Crippen molar-refractivity contribution in [2.75, 3.05) is 19.0 Å². The number of unbranched alkanes of at least 4 members (excludes halogenated alkanes) is 1. The first-order valence-corrected chi connectivity index (χ1v) is 11.0. The van der Waals surface area contributed by atoms with E-state index in [1.165, 1.54) is 5.01 Å². The summed E-state index contributed by atoms with van der Waals surface area (Å²) in [6.45, 7) is 4.60. The SMILES string of the molecule is CCCCC(CC)COC(=O)c1ccccc1C(=O)NN(C)C(=S)Nc1ccccc1. The molecule has 0 spiro atoms. The number of carbonyl (C=O) groups is 2. The minimum absolute atomic E-state index is 0.237. The molecule has 1 unspecified atom stereocenters. The maximum Gasteiger partial charge on any atom is 0.338 e. The predicted molar refractivity (Wildman–Crippen MR) is 128 cm³/mol. The Labute approximate surface area is 189 Å². The van der Waals surface area contributed by atoms with Crippen LogP contribution >= 0.6 is 12.2 Å². The number of hydrazine groups is 1. The number of carbonyl (C=O) groups excluding carboxylic acids is 2. The first kappa shape index (κ1) is 24.3. The van der Waals surface area contributed by atoms with Crippen molar-refractivity contribution in [3.63, 3.8) is 0 Å². The van der Waals surface area contributed by atoms with Crippen molar-refractivity contribution in [1.82, 2.24) is 10.4 Å². The molecule has 0 aliphatic heterocycles. The number of nitrogens with zero attached hydrogens (tertiary/aromatic N) is 1. The highest BCUT2D eigenvalue weighted by Gasteiger charge is 2.20. The molecule has 0 saturated heterocycles. The van der Waals surface area contributed by atoms with Crippen molar-refractivity contribution in [3.05, 3.63) is 65.7 Å². The zero-order valence-corrected chi connectivity index (χ0v) is 19.2. The van der Waals surface area contributed by atoms with E-state index in [1.807, 2.05) is 30.3 Å². The molecule has 166 valence electrons. The maximum absolute atomic E-state index is 12.8. The van der Waals surface area contributed by atoms with Gasteiger partial charge in [-0.3, -0.25) is 15.2 Å². The van der Waals surface area contributed by atoms with E-state index < -0.39 is 11.9 Å². The Morgan fingerprint density at radius 2 is 1.68 bits per heavy atom. The van der Waals surface area contributed by atoms with Crippen LogP contribution in [0.1, 0.15) is 60.2 Å². The highest BCUT2D eigenvalue weighted by molar-refractivity contribution is 7.80. The van der Waals surface area contributed by atoms with Crippen LogP contribution in [0.2, 0.25) is 0 Å². The third-order valence-corrected chi connectivity index (χ3v) is 5.36. The van der Waals surface area contributed by atoms with Gasteiger partial charge in [-0.1, -0.05) is 63.4 Å². The Kier molecular flexibility index (Phi) is 9.97. The summed E-state index contributed by atoms with van der Waals surface area (Å²) in [5.41, 5.74) is 3.99. The van der Waals surface area contributed by atoms with Crippen LogP contribution in [0.15, 0.2) is 54.6 Å². The van der Waals surface area contributed by atoms with Gasteiger partial charge in [0.15, 0.2) is 5.11 Å². The summed E-state index contributed by atoms with van der Waals surface area (Å²) >= 11 is 5.34. The summed E-state index contributed by atoms with van der Waals surface area (Å²) in [7, 11) is 1.64. The van der Waals surface area contributed by atoms with Crippen LogP contribution in [-0.4, -0.2) is 35.7 Å². The Morgan fingerprint density at radius 1 is 1.03 bits per heavy atom. The molecule has 2 rings (SSSR count). The predicted octanol–water partition coefficient (Wildman–Crippen LogP) is 5.03. The molecule has 0 heterocycles. The third kappa shape index (κ3) is 7.68. The Balaban J connectivity index is 2.00. The highest BCUT2D eigenvalue weighted by Crippen LogP contribution is 2.16. The van der Waals surface area contributed by atoms with Crippen LogP contribution in [-0.2, 0) is 4.74 Å². The molecule has 2 aromatic carbocycles. The molecule has 2 N–H and O–H groups in total. The average molecular weight is 442 g/mol. The quantitative estimate of drug-likeness (QED) is 0.323. The lowest BCUT2D eigenvalue weighted by Gasteiger charge is -2.22. The fraction of sp³-hybridized carbons (Fsp3) is 0.375. The number of rotatable bonds is 9. The van der Waals surface area contributed by atoms with Crippen LogP contribution in [0.3, 0.4) is 0 Å². The minimum Gasteiger partial charge on any atom is -0.462 e. The Bertz CT molecular complexity index is 873. The van der Waals surface area contributed by atoms with E-state index in [-0.39, 0.29) is 11.1 Å². The number of benzene rings is 2. The fourth-order valence-corrected chi connectivity index (χ4v) is 3.18. The van der Waals surface area contributed by atoms with E-state index in [9.17, 15) is 9.59 Å². The van der Waals surface area contributed by atoms with Gasteiger partial charge in [0.2, 0.25) is 0 Å². The van der Waals surface area contributed by atoms with Gasteiger partial charge in [-0.15, -0.1) is 0 Å². The van der Waals surface area contributed by atoms with Crippen LogP contribution < -0.4 is 10.7 Å². The van der Waals surface area contributed by atoms with Gasteiger partial charge in [-0.2, -0.15) is 0 Å². The zero-order chi connectivity index (χ0) is 22.6. The third-order valence-electron chi connectivity index (χ3n) is 4.98. The minimum atomic E-state index is -0.492. The van der Waals surface area contributed by atoms with Crippen molar-refractivity contribution >= 4 is 34.9 Å². The number of para-hydroxylation sites is 1. The molecule has 0 bridgehead atoms. The lowest BCUT2D eigenvalue weighted by Crippen LogP contribution is -2.45. The second kappa shape index (κ2) is 12.7. The monoisotopic (exact) mass is 441 g/mol. The first-order chi connectivity index (χ1) is 15.0. The summed E-state index contributed by atoms with van der Waals surface area (Å²) in [6.07, 6.45) is 4.20. The van der Waals surface area contributed by atoms with Crippen LogP contribution in [0, 0.1) is 5.92 Å². The van der Waals surface area contributed by atoms with E-state index in [2.05, 4.69) is 24.6 Å². The molecule has 0 aliphatic rings. The number of hydrogen-bond donors (Lipinski definition) is 2. The molecule has 2 aromatic rings. The number of anilines is 1. The van der Waals surface area contributed by atoms with Gasteiger partial charge in [0.05, 0.1) is 17.7 Å². The molecule has 6 nitrogen and oxygen atoms in total. The fourth-order valence-electron chi connectivity index (χ4n) is 3.02. The van der Waals surface area contributed by atoms with Crippen molar-refractivity contribution in [1.29, 1.82) is 0 Å². The van der Waals surface area contributed by atoms with Crippen molar-refractivity contribution in [3.8, 4) is 0 Å². The smallest absolute Gasteiger partial charge is 0.338 e. The largest absolute Gasteiger partial charge is 0.462 e. The van der Waals surface area contributed by atoms with Gasteiger partial charge < -0.3 is 10.1 Å². The average Bonchev–Trinajstić information content (AvgIpc) is 2.79. The first-order valence-electron chi connectivity index (χ1n) is 10.6. The van der Waals surface area contributed by atoms with Gasteiger partial charge >= 0.3 is 5.97 Å². The molecule has 7 heteroatoms. The molecule has 0 aromatic heterocycles. The zero-order valence-electron chi connectivity index (χ0n) is 18.4. The van der Waals surface area contributed by atoms with Crippen molar-refractivity contribution < 1.29 is 14.3 Å². The van der Waals surface area contributed by atoms with E-state index in [0.29, 0.717) is 17.6 Å². The molecule has 1 atom stereocenters. The second-order valence-corrected chi connectivity index (χ2v) is 7.74. The summed E-state index contributed by atoms with van der Waals surface area (Å²) in [6, 6.07) is 16.0. The van der Waals surface area contributed by atoms with E-state index >= 15 is 0 Å². The Morgan fingerprint density at radius 3 is 2.32 bits per heavy atom. The van der Waals surface area contributed by atoms with Gasteiger partial charge in [0.1, 0.15) is 0 Å². The maximum atomic E-state index is 12.8. The molecule has 1 amide bonds. The standard InChI is InChI=1S/C24H31N3O3S/c1-4-6-12-18(5-2)17-30-23(29)21-16-11-10-15-20(21)22(28)26-27(3)24(31)25-19-13-8-7-9-14-19/h7-11,13-16,18H,4-6,12,17H2,1-3H3,(H,25,31)(H,26,28). The molecular weight excluding hydrogens is 410 g/mol. The van der Waals surface area contributed by atoms with Crippen LogP contribution in [0.25, 0.3) is 0 Å². The lowest BCUT2D eigenvalue weighted by atomic mass is 10.0. The molecule has 0 radical (unpaired) electrons. The summed E-state index contributed by atoms with van der Waals surface area (Å²) < 4.78 is 5.53. The topological polar surface area (TPSA) is 70.7 Å². The molecule has 0 aliphatic carbocycles. The van der Waals surface area contributed by atoms with Crippen LogP contribution in [0.4, 0.5) is 5.69 Å². The molecule has 0 fully saturated rings. The highest BCUT2D eigenvalue weighted by atomic mass is 32.1. The summed E-state index contributed by atoms with van der Waals surface area (Å²) in [5.74, 6) is -0.601. The van der Waals surface area contributed by atoms with E-state index in [1.54, 1.807) is 31.3 Å². The molecule has 31 heavy (non-hydrogen) atoms. The number of nitrogens with one attached hydrogen (secondary N) is 2. The number of hydrogen-bond acceptors (Lipinski definition) is 4. The van der Waals surface area contributed by atoms with E-state index in [4.69, 9.17) is 17.0 Å². The number of esters is 1. The van der Waals surface area contributed by atoms with Gasteiger partial charge in [0.25, 0.3) is 5.91 Å². The number of amides is 1. The summed E-state index contributed by atoms with van der Waals surface area (Å²) in [4.78, 5) is 25.5. The Hall–Kier alpha value is -2.93. The number of thiocarbonyl (C=S) groups is 1. The normalized spacial score (nSPS) is 11.3. The van der Waals surface area contributed by atoms with Crippen LogP contribution in [0.5, 0.6) is 0 Å². The van der Waals surface area contributed by atoms with E-state index in [0.717, 1.165) is 31.4 Å². The lowest BCUT2D eigenvalue weighted by molar-refractivity contribution is 0.0424. The van der Waals surface area contributed by atoms with Crippen molar-refractivity contribution in [2.45, 2.75) is 39.5 Å². The molecular formula is C24H31N3O3S. The van der Waals surface area contributed by atoms with Gasteiger partial charge in [-0.05, 0) is 48.8 Å². The van der Waals surface area contributed by atoms with Gasteiger partial charge in [-0.25, -0.2) is 4.79 Å². The molecule has 0 saturated carbocycles. The van der Waals surface area contributed by atoms with Crippen molar-refractivity contribution in [2.24, 2.45) is 5.92 Å². The second-order valence-electron chi connectivity index (χ2n) is 7.36.